The number of rotatable bonds is 4. The summed E-state index contributed by atoms with van der Waals surface area (Å²) in [5.74, 6) is -0.302. The number of nitro groups is 1. The van der Waals surface area contributed by atoms with Crippen molar-refractivity contribution >= 4 is 17.3 Å². The van der Waals surface area contributed by atoms with Gasteiger partial charge in [-0.05, 0) is 39.3 Å². The second-order valence-electron chi connectivity index (χ2n) is 5.43. The van der Waals surface area contributed by atoms with Crippen LogP contribution < -0.4 is 10.6 Å². The lowest BCUT2D eigenvalue weighted by molar-refractivity contribution is -0.383. The molecule has 0 unspecified atom stereocenters. The van der Waals surface area contributed by atoms with Crippen molar-refractivity contribution in [3.05, 3.63) is 33.9 Å². The Kier molecular flexibility index (Phi) is 4.61. The van der Waals surface area contributed by atoms with Crippen molar-refractivity contribution in [2.24, 2.45) is 0 Å². The van der Waals surface area contributed by atoms with E-state index in [4.69, 9.17) is 0 Å². The number of nitrogens with one attached hydrogen (secondary N) is 2. The summed E-state index contributed by atoms with van der Waals surface area (Å²) >= 11 is 0. The molecule has 1 amide bonds. The first-order chi connectivity index (χ1) is 8.69. The zero-order valence-corrected chi connectivity index (χ0v) is 11.6. The zero-order chi connectivity index (χ0) is 14.6. The van der Waals surface area contributed by atoms with Crippen LogP contribution in [0.5, 0.6) is 0 Å². The van der Waals surface area contributed by atoms with Crippen LogP contribution in [0.2, 0.25) is 0 Å². The molecule has 0 saturated carbocycles. The van der Waals surface area contributed by atoms with Gasteiger partial charge in [-0.2, -0.15) is 0 Å². The van der Waals surface area contributed by atoms with Crippen LogP contribution in [0.1, 0.15) is 26.3 Å². The predicted molar refractivity (Wildman–Crippen MR) is 74.2 cm³/mol. The number of amides is 1. The molecule has 0 aliphatic heterocycles. The van der Waals surface area contributed by atoms with Crippen LogP contribution in [-0.2, 0) is 4.79 Å². The lowest BCUT2D eigenvalue weighted by Gasteiger charge is -2.20. The maximum absolute atomic E-state index is 11.7. The van der Waals surface area contributed by atoms with Crippen molar-refractivity contribution in [2.75, 3.05) is 11.9 Å². The molecule has 0 aliphatic carbocycles. The quantitative estimate of drug-likeness (QED) is 0.646. The molecule has 0 fully saturated rings. The lowest BCUT2D eigenvalue weighted by atomic mass is 10.1. The average Bonchev–Trinajstić information content (AvgIpc) is 2.25. The number of benzene rings is 1. The standard InChI is InChI=1S/C13H19N3O3/c1-9-5-6-11(16(18)19)10(7-9)15-12(17)8-14-13(2,3)4/h5-7,14H,8H2,1-4H3,(H,15,17). The number of hydrogen-bond donors (Lipinski definition) is 2. The molecule has 0 spiro atoms. The largest absolute Gasteiger partial charge is 0.319 e. The Balaban J connectivity index is 2.78. The van der Waals surface area contributed by atoms with Gasteiger partial charge in [-0.1, -0.05) is 6.07 Å². The van der Waals surface area contributed by atoms with E-state index in [0.29, 0.717) is 0 Å². The van der Waals surface area contributed by atoms with E-state index in [1.165, 1.54) is 6.07 Å². The second-order valence-corrected chi connectivity index (χ2v) is 5.43. The molecule has 0 radical (unpaired) electrons. The fourth-order valence-corrected chi connectivity index (χ4v) is 1.45. The minimum atomic E-state index is -0.508. The summed E-state index contributed by atoms with van der Waals surface area (Å²) in [6.07, 6.45) is 0. The SMILES string of the molecule is Cc1ccc([N+](=O)[O-])c(NC(=O)CNC(C)(C)C)c1. The molecule has 1 rings (SSSR count). The van der Waals surface area contributed by atoms with E-state index in [1.54, 1.807) is 12.1 Å². The highest BCUT2D eigenvalue weighted by atomic mass is 16.6. The number of nitrogens with zero attached hydrogens (tertiary/aromatic N) is 1. The Hall–Kier alpha value is -1.95. The summed E-state index contributed by atoms with van der Waals surface area (Å²) in [5, 5.41) is 16.5. The third-order valence-electron chi connectivity index (χ3n) is 2.40. The van der Waals surface area contributed by atoms with Gasteiger partial charge < -0.3 is 10.6 Å². The number of hydrogen-bond acceptors (Lipinski definition) is 4. The molecule has 0 heterocycles. The van der Waals surface area contributed by atoms with Crippen molar-refractivity contribution < 1.29 is 9.72 Å². The van der Waals surface area contributed by atoms with Crippen molar-refractivity contribution in [3.63, 3.8) is 0 Å². The van der Waals surface area contributed by atoms with Crippen molar-refractivity contribution in [1.29, 1.82) is 0 Å². The Labute approximate surface area is 112 Å². The van der Waals surface area contributed by atoms with Gasteiger partial charge >= 0.3 is 0 Å². The van der Waals surface area contributed by atoms with Gasteiger partial charge in [0.2, 0.25) is 5.91 Å². The number of anilines is 1. The van der Waals surface area contributed by atoms with Gasteiger partial charge in [0.1, 0.15) is 5.69 Å². The van der Waals surface area contributed by atoms with E-state index in [1.807, 2.05) is 27.7 Å². The fourth-order valence-electron chi connectivity index (χ4n) is 1.45. The molecule has 2 N–H and O–H groups in total. The zero-order valence-electron chi connectivity index (χ0n) is 11.6. The van der Waals surface area contributed by atoms with E-state index in [9.17, 15) is 14.9 Å². The molecular weight excluding hydrogens is 246 g/mol. The molecular formula is C13H19N3O3. The van der Waals surface area contributed by atoms with Crippen molar-refractivity contribution in [2.45, 2.75) is 33.2 Å². The van der Waals surface area contributed by atoms with Gasteiger partial charge in [-0.15, -0.1) is 0 Å². The number of carbonyl (C=O) groups excluding carboxylic acids is 1. The minimum Gasteiger partial charge on any atom is -0.319 e. The van der Waals surface area contributed by atoms with Crippen LogP contribution in [0, 0.1) is 17.0 Å². The number of nitro benzene ring substituents is 1. The summed E-state index contributed by atoms with van der Waals surface area (Å²) in [6, 6.07) is 4.62. The average molecular weight is 265 g/mol. The third-order valence-corrected chi connectivity index (χ3v) is 2.40. The predicted octanol–water partition coefficient (Wildman–Crippen LogP) is 2.23. The van der Waals surface area contributed by atoms with Crippen LogP contribution in [0.15, 0.2) is 18.2 Å². The maximum Gasteiger partial charge on any atom is 0.292 e. The van der Waals surface area contributed by atoms with Gasteiger partial charge in [0.25, 0.3) is 5.69 Å². The third kappa shape index (κ3) is 5.05. The Morgan fingerprint density at radius 3 is 2.53 bits per heavy atom. The molecule has 19 heavy (non-hydrogen) atoms. The smallest absolute Gasteiger partial charge is 0.292 e. The van der Waals surface area contributed by atoms with E-state index < -0.39 is 4.92 Å². The van der Waals surface area contributed by atoms with Gasteiger partial charge in [0, 0.05) is 11.6 Å². The highest BCUT2D eigenvalue weighted by molar-refractivity contribution is 5.94. The summed E-state index contributed by atoms with van der Waals surface area (Å²) in [7, 11) is 0. The van der Waals surface area contributed by atoms with Gasteiger partial charge in [0.15, 0.2) is 0 Å². The van der Waals surface area contributed by atoms with E-state index >= 15 is 0 Å². The van der Waals surface area contributed by atoms with Crippen molar-refractivity contribution in [1.82, 2.24) is 5.32 Å². The normalized spacial score (nSPS) is 11.2. The molecule has 1 aromatic rings. The summed E-state index contributed by atoms with van der Waals surface area (Å²) in [4.78, 5) is 22.1. The number of aryl methyl sites for hydroxylation is 1. The molecule has 0 saturated heterocycles. The van der Waals surface area contributed by atoms with Crippen LogP contribution in [0.4, 0.5) is 11.4 Å². The highest BCUT2D eigenvalue weighted by Gasteiger charge is 2.17. The van der Waals surface area contributed by atoms with Crippen LogP contribution >= 0.6 is 0 Å². The summed E-state index contributed by atoms with van der Waals surface area (Å²) < 4.78 is 0. The van der Waals surface area contributed by atoms with E-state index in [-0.39, 0.29) is 29.4 Å². The summed E-state index contributed by atoms with van der Waals surface area (Å²) in [5.41, 5.74) is 0.792. The van der Waals surface area contributed by atoms with Gasteiger partial charge in [-0.25, -0.2) is 0 Å². The summed E-state index contributed by atoms with van der Waals surface area (Å²) in [6.45, 7) is 7.74. The Bertz CT molecular complexity index is 492. The molecule has 0 aromatic heterocycles. The van der Waals surface area contributed by atoms with Crippen molar-refractivity contribution in [3.8, 4) is 0 Å². The molecule has 0 aliphatic rings. The highest BCUT2D eigenvalue weighted by Crippen LogP contribution is 2.24. The lowest BCUT2D eigenvalue weighted by Crippen LogP contribution is -2.41. The van der Waals surface area contributed by atoms with E-state index in [0.717, 1.165) is 5.56 Å². The molecule has 6 heteroatoms. The van der Waals surface area contributed by atoms with Crippen LogP contribution in [0.3, 0.4) is 0 Å². The van der Waals surface area contributed by atoms with Gasteiger partial charge in [0.05, 0.1) is 11.5 Å². The molecule has 0 bridgehead atoms. The Morgan fingerprint density at radius 1 is 1.37 bits per heavy atom. The monoisotopic (exact) mass is 265 g/mol. The van der Waals surface area contributed by atoms with Crippen LogP contribution in [0.25, 0.3) is 0 Å². The molecule has 104 valence electrons. The van der Waals surface area contributed by atoms with Crippen LogP contribution in [-0.4, -0.2) is 22.9 Å². The number of carbonyl (C=O) groups is 1. The Morgan fingerprint density at radius 2 is 2.00 bits per heavy atom. The van der Waals surface area contributed by atoms with Gasteiger partial charge in [-0.3, -0.25) is 14.9 Å². The first-order valence-corrected chi connectivity index (χ1v) is 5.99. The topological polar surface area (TPSA) is 84.3 Å². The molecule has 0 atom stereocenters. The first-order valence-electron chi connectivity index (χ1n) is 5.99. The second kappa shape index (κ2) is 5.79. The maximum atomic E-state index is 11.7. The molecule has 6 nitrogen and oxygen atoms in total. The molecule has 1 aromatic carbocycles. The fraction of sp³-hybridized carbons (Fsp3) is 0.462. The first kappa shape index (κ1) is 15.1. The minimum absolute atomic E-state index is 0.102. The van der Waals surface area contributed by atoms with E-state index in [2.05, 4.69) is 10.6 Å².